The maximum absolute atomic E-state index is 6.12. The van der Waals surface area contributed by atoms with E-state index >= 15 is 0 Å². The second kappa shape index (κ2) is 9.30. The van der Waals surface area contributed by atoms with Gasteiger partial charge in [-0.3, -0.25) is 0 Å². The van der Waals surface area contributed by atoms with Gasteiger partial charge in [0.15, 0.2) is 0 Å². The SMILES string of the molecule is CCN(CCOc1ccccc1Cc1ccccc1)c1cccc(Cl)c1. The van der Waals surface area contributed by atoms with Crippen LogP contribution < -0.4 is 9.64 Å². The zero-order valence-corrected chi connectivity index (χ0v) is 15.8. The monoisotopic (exact) mass is 365 g/mol. The molecule has 0 amide bonds. The van der Waals surface area contributed by atoms with E-state index < -0.39 is 0 Å². The molecule has 0 atom stereocenters. The van der Waals surface area contributed by atoms with Crippen LogP contribution in [-0.4, -0.2) is 19.7 Å². The van der Waals surface area contributed by atoms with Crippen LogP contribution in [0, 0.1) is 0 Å². The van der Waals surface area contributed by atoms with Gasteiger partial charge in [0.05, 0.1) is 6.54 Å². The van der Waals surface area contributed by atoms with Gasteiger partial charge in [-0.05, 0) is 42.3 Å². The van der Waals surface area contributed by atoms with Crippen LogP contribution in [0.2, 0.25) is 5.02 Å². The maximum atomic E-state index is 6.12. The average Bonchev–Trinajstić information content (AvgIpc) is 2.67. The summed E-state index contributed by atoms with van der Waals surface area (Å²) >= 11 is 6.12. The van der Waals surface area contributed by atoms with Crippen molar-refractivity contribution in [3.05, 3.63) is 95.0 Å². The molecule has 3 heteroatoms. The van der Waals surface area contributed by atoms with E-state index in [1.165, 1.54) is 11.1 Å². The van der Waals surface area contributed by atoms with E-state index in [2.05, 4.69) is 54.3 Å². The number of benzene rings is 3. The molecule has 0 unspecified atom stereocenters. The summed E-state index contributed by atoms with van der Waals surface area (Å²) < 4.78 is 6.12. The Kier molecular flexibility index (Phi) is 6.56. The summed E-state index contributed by atoms with van der Waals surface area (Å²) in [6, 6.07) is 26.7. The lowest BCUT2D eigenvalue weighted by Gasteiger charge is -2.23. The molecule has 0 aliphatic carbocycles. The largest absolute Gasteiger partial charge is 0.491 e. The highest BCUT2D eigenvalue weighted by Crippen LogP contribution is 2.22. The third-order valence-electron chi connectivity index (χ3n) is 4.38. The highest BCUT2D eigenvalue weighted by Gasteiger charge is 2.07. The van der Waals surface area contributed by atoms with Crippen molar-refractivity contribution in [3.8, 4) is 5.75 Å². The Morgan fingerprint density at radius 1 is 0.885 bits per heavy atom. The lowest BCUT2D eigenvalue weighted by Crippen LogP contribution is -2.28. The van der Waals surface area contributed by atoms with E-state index in [4.69, 9.17) is 16.3 Å². The normalized spacial score (nSPS) is 10.5. The third-order valence-corrected chi connectivity index (χ3v) is 4.62. The molecule has 0 saturated heterocycles. The maximum Gasteiger partial charge on any atom is 0.122 e. The van der Waals surface area contributed by atoms with E-state index in [-0.39, 0.29) is 0 Å². The zero-order valence-electron chi connectivity index (χ0n) is 15.1. The highest BCUT2D eigenvalue weighted by molar-refractivity contribution is 6.30. The molecule has 0 fully saturated rings. The number of nitrogens with zero attached hydrogens (tertiary/aromatic N) is 1. The Hall–Kier alpha value is -2.45. The van der Waals surface area contributed by atoms with Crippen LogP contribution in [0.25, 0.3) is 0 Å². The first kappa shape index (κ1) is 18.3. The smallest absolute Gasteiger partial charge is 0.122 e. The molecule has 0 aliphatic heterocycles. The summed E-state index contributed by atoms with van der Waals surface area (Å²) in [6.45, 7) is 4.50. The fourth-order valence-corrected chi connectivity index (χ4v) is 3.20. The highest BCUT2D eigenvalue weighted by atomic mass is 35.5. The number of anilines is 1. The minimum Gasteiger partial charge on any atom is -0.491 e. The average molecular weight is 366 g/mol. The molecule has 0 N–H and O–H groups in total. The lowest BCUT2D eigenvalue weighted by molar-refractivity contribution is 0.321. The lowest BCUT2D eigenvalue weighted by atomic mass is 10.0. The van der Waals surface area contributed by atoms with E-state index in [0.717, 1.165) is 36.0 Å². The van der Waals surface area contributed by atoms with Crippen LogP contribution in [0.5, 0.6) is 5.75 Å². The van der Waals surface area contributed by atoms with Gasteiger partial charge in [-0.15, -0.1) is 0 Å². The molecule has 0 spiro atoms. The molecule has 3 rings (SSSR count). The minimum absolute atomic E-state index is 0.631. The number of hydrogen-bond acceptors (Lipinski definition) is 2. The van der Waals surface area contributed by atoms with Crippen LogP contribution in [0.15, 0.2) is 78.9 Å². The number of para-hydroxylation sites is 1. The number of halogens is 1. The summed E-state index contributed by atoms with van der Waals surface area (Å²) in [4.78, 5) is 2.27. The quantitative estimate of drug-likeness (QED) is 0.497. The molecule has 0 heterocycles. The van der Waals surface area contributed by atoms with Gasteiger partial charge in [0.25, 0.3) is 0 Å². The number of likely N-dealkylation sites (N-methyl/N-ethyl adjacent to an activating group) is 1. The van der Waals surface area contributed by atoms with Crippen molar-refractivity contribution in [2.45, 2.75) is 13.3 Å². The predicted molar refractivity (Wildman–Crippen MR) is 111 cm³/mol. The van der Waals surface area contributed by atoms with Gasteiger partial charge in [-0.25, -0.2) is 0 Å². The molecule has 0 saturated carbocycles. The van der Waals surface area contributed by atoms with Crippen molar-refractivity contribution in [2.75, 3.05) is 24.6 Å². The molecule has 134 valence electrons. The van der Waals surface area contributed by atoms with Crippen molar-refractivity contribution in [3.63, 3.8) is 0 Å². The van der Waals surface area contributed by atoms with Crippen LogP contribution in [0.4, 0.5) is 5.69 Å². The second-order valence-corrected chi connectivity index (χ2v) is 6.61. The van der Waals surface area contributed by atoms with E-state index in [9.17, 15) is 0 Å². The summed E-state index contributed by atoms with van der Waals surface area (Å²) in [5.41, 5.74) is 3.63. The Morgan fingerprint density at radius 3 is 2.42 bits per heavy atom. The van der Waals surface area contributed by atoms with E-state index in [1.54, 1.807) is 0 Å². The number of hydrogen-bond donors (Lipinski definition) is 0. The molecule has 0 bridgehead atoms. The third kappa shape index (κ3) is 5.03. The van der Waals surface area contributed by atoms with Crippen molar-refractivity contribution < 1.29 is 4.74 Å². The van der Waals surface area contributed by atoms with Gasteiger partial charge in [-0.2, -0.15) is 0 Å². The summed E-state index contributed by atoms with van der Waals surface area (Å²) in [5, 5.41) is 0.759. The van der Waals surface area contributed by atoms with Gasteiger partial charge in [0.2, 0.25) is 0 Å². The van der Waals surface area contributed by atoms with E-state index in [0.29, 0.717) is 6.61 Å². The second-order valence-electron chi connectivity index (χ2n) is 6.18. The Balaban J connectivity index is 1.62. The summed E-state index contributed by atoms with van der Waals surface area (Å²) in [6.07, 6.45) is 0.878. The fraction of sp³-hybridized carbons (Fsp3) is 0.217. The number of ether oxygens (including phenoxy) is 1. The molecular formula is C23H24ClNO. The zero-order chi connectivity index (χ0) is 18.2. The molecule has 0 aromatic heterocycles. The van der Waals surface area contributed by atoms with Crippen molar-refractivity contribution in [1.29, 1.82) is 0 Å². The van der Waals surface area contributed by atoms with Crippen molar-refractivity contribution >= 4 is 17.3 Å². The Morgan fingerprint density at radius 2 is 1.65 bits per heavy atom. The van der Waals surface area contributed by atoms with Crippen LogP contribution in [0.1, 0.15) is 18.1 Å². The van der Waals surface area contributed by atoms with Crippen molar-refractivity contribution in [2.24, 2.45) is 0 Å². The molecule has 26 heavy (non-hydrogen) atoms. The summed E-state index contributed by atoms with van der Waals surface area (Å²) in [7, 11) is 0. The topological polar surface area (TPSA) is 12.5 Å². The van der Waals surface area contributed by atoms with Crippen LogP contribution in [0.3, 0.4) is 0 Å². The standard InChI is InChI=1S/C23H24ClNO/c1-2-25(22-13-8-12-21(24)18-22)15-16-26-23-14-7-6-11-20(23)17-19-9-4-3-5-10-19/h3-14,18H,2,15-17H2,1H3. The molecule has 0 aliphatic rings. The van der Waals surface area contributed by atoms with Crippen LogP contribution >= 0.6 is 11.6 Å². The van der Waals surface area contributed by atoms with E-state index in [1.807, 2.05) is 36.4 Å². The van der Waals surface area contributed by atoms with Gasteiger partial charge in [0, 0.05) is 23.7 Å². The predicted octanol–water partition coefficient (Wildman–Crippen LogP) is 5.84. The van der Waals surface area contributed by atoms with Gasteiger partial charge in [0.1, 0.15) is 12.4 Å². The summed E-state index contributed by atoms with van der Waals surface area (Å²) in [5.74, 6) is 0.957. The molecule has 3 aromatic rings. The molecule has 2 nitrogen and oxygen atoms in total. The van der Waals surface area contributed by atoms with Crippen molar-refractivity contribution in [1.82, 2.24) is 0 Å². The molecule has 3 aromatic carbocycles. The first-order chi connectivity index (χ1) is 12.8. The Labute approximate surface area is 161 Å². The first-order valence-corrected chi connectivity index (χ1v) is 9.39. The minimum atomic E-state index is 0.631. The number of rotatable bonds is 8. The molecule has 0 radical (unpaired) electrons. The van der Waals surface area contributed by atoms with Gasteiger partial charge in [-0.1, -0.05) is 66.2 Å². The van der Waals surface area contributed by atoms with Crippen LogP contribution in [-0.2, 0) is 6.42 Å². The van der Waals surface area contributed by atoms with Gasteiger partial charge < -0.3 is 9.64 Å². The van der Waals surface area contributed by atoms with Gasteiger partial charge >= 0.3 is 0 Å². The first-order valence-electron chi connectivity index (χ1n) is 9.01. The Bertz CT molecular complexity index is 819. The fourth-order valence-electron chi connectivity index (χ4n) is 3.01. The molecular weight excluding hydrogens is 342 g/mol.